The van der Waals surface area contributed by atoms with Gasteiger partial charge in [-0.05, 0) is 25.0 Å². The van der Waals surface area contributed by atoms with E-state index in [9.17, 15) is 4.79 Å². The number of ether oxygens (including phenoxy) is 12. The molecule has 14 nitrogen and oxygen atoms in total. The number of rotatable bonds is 39. The van der Waals surface area contributed by atoms with E-state index < -0.39 is 0 Å². The predicted octanol–water partition coefficient (Wildman–Crippen LogP) is 3.57. The zero-order valence-electron chi connectivity index (χ0n) is 30.7. The molecule has 1 rings (SSSR count). The fourth-order valence-electron chi connectivity index (χ4n) is 4.16. The van der Waals surface area contributed by atoms with Crippen LogP contribution in [-0.2, 0) is 56.9 Å². The van der Waals surface area contributed by atoms with E-state index in [-0.39, 0.29) is 18.5 Å². The highest BCUT2D eigenvalue weighted by atomic mass is 16.6. The van der Waals surface area contributed by atoms with Gasteiger partial charge in [-0.3, -0.25) is 4.79 Å². The van der Waals surface area contributed by atoms with Crippen LogP contribution in [0.25, 0.3) is 0 Å². The van der Waals surface area contributed by atoms with Gasteiger partial charge < -0.3 is 62.6 Å². The number of hydrogen-bond acceptors (Lipinski definition) is 14. The zero-order chi connectivity index (χ0) is 36.0. The van der Waals surface area contributed by atoms with E-state index in [2.05, 4.69) is 6.92 Å². The number of benzene rings is 1. The first kappa shape index (κ1) is 45.9. The molecule has 292 valence electrons. The minimum absolute atomic E-state index is 0.00565. The second-order valence-corrected chi connectivity index (χ2v) is 10.9. The first-order valence-corrected chi connectivity index (χ1v) is 18.1. The molecule has 0 aliphatic carbocycles. The molecule has 1 unspecified atom stereocenters. The lowest BCUT2D eigenvalue weighted by Crippen LogP contribution is -2.20. The smallest absolute Gasteiger partial charge is 0.308 e. The van der Waals surface area contributed by atoms with E-state index in [1.807, 2.05) is 25.1 Å². The maximum Gasteiger partial charge on any atom is 0.308 e. The number of para-hydroxylation sites is 2. The molecule has 2 N–H and O–H groups in total. The largest absolute Gasteiger partial charge is 0.489 e. The molecule has 50 heavy (non-hydrogen) atoms. The molecule has 0 heterocycles. The third-order valence-electron chi connectivity index (χ3n) is 6.96. The molecule has 0 aliphatic rings. The lowest BCUT2D eigenvalue weighted by molar-refractivity contribution is -0.150. The van der Waals surface area contributed by atoms with Crippen LogP contribution < -0.4 is 10.5 Å². The van der Waals surface area contributed by atoms with Crippen LogP contribution in [0.4, 0.5) is 5.69 Å². The molecule has 0 aliphatic heterocycles. The van der Waals surface area contributed by atoms with Gasteiger partial charge in [-0.25, -0.2) is 0 Å². The number of anilines is 1. The molecule has 0 aromatic heterocycles. The molecule has 0 saturated heterocycles. The van der Waals surface area contributed by atoms with Crippen molar-refractivity contribution in [1.82, 2.24) is 0 Å². The van der Waals surface area contributed by atoms with Crippen molar-refractivity contribution in [3.63, 3.8) is 0 Å². The monoisotopic (exact) mass is 719 g/mol. The normalized spacial score (nSPS) is 12.0. The van der Waals surface area contributed by atoms with E-state index in [4.69, 9.17) is 62.6 Å². The van der Waals surface area contributed by atoms with Gasteiger partial charge in [0.25, 0.3) is 0 Å². The molecule has 0 spiro atoms. The summed E-state index contributed by atoms with van der Waals surface area (Å²) < 4.78 is 65.6. The summed E-state index contributed by atoms with van der Waals surface area (Å²) in [6, 6.07) is 7.37. The molecule has 1 aromatic carbocycles. The van der Waals surface area contributed by atoms with Crippen LogP contribution >= 0.6 is 0 Å². The first-order valence-electron chi connectivity index (χ1n) is 18.1. The Bertz CT molecular complexity index is 867. The quantitative estimate of drug-likeness (QED) is 0.0599. The molecule has 1 aromatic rings. The van der Waals surface area contributed by atoms with Crippen molar-refractivity contribution in [2.45, 2.75) is 39.5 Å². The average molecular weight is 720 g/mol. The molecular formula is C36H65NO13. The molecule has 0 radical (unpaired) electrons. The van der Waals surface area contributed by atoms with E-state index in [1.54, 1.807) is 6.07 Å². The van der Waals surface area contributed by atoms with Gasteiger partial charge in [0.05, 0.1) is 144 Å². The number of esters is 1. The number of nitrogens with two attached hydrogens (primary N) is 1. The van der Waals surface area contributed by atoms with Crippen LogP contribution in [0.1, 0.15) is 39.5 Å². The second-order valence-electron chi connectivity index (χ2n) is 10.9. The summed E-state index contributed by atoms with van der Waals surface area (Å²) in [5.74, 6) is 0.538. The summed E-state index contributed by atoms with van der Waals surface area (Å²) in [5.41, 5.74) is 6.44. The van der Waals surface area contributed by atoms with Crippen molar-refractivity contribution < 1.29 is 61.6 Å². The van der Waals surface area contributed by atoms with Crippen molar-refractivity contribution in [2.75, 3.05) is 151 Å². The number of nitrogen functional groups attached to an aromatic ring is 1. The third kappa shape index (κ3) is 29.6. The Morgan fingerprint density at radius 1 is 0.520 bits per heavy atom. The Morgan fingerprint density at radius 2 is 0.860 bits per heavy atom. The maximum atomic E-state index is 12.0. The highest BCUT2D eigenvalue weighted by molar-refractivity contribution is 5.72. The van der Waals surface area contributed by atoms with Gasteiger partial charge in [-0.2, -0.15) is 0 Å². The van der Waals surface area contributed by atoms with Gasteiger partial charge >= 0.3 is 5.97 Å². The van der Waals surface area contributed by atoms with Gasteiger partial charge in [0.2, 0.25) is 0 Å². The Kier molecular flexibility index (Phi) is 33.7. The molecule has 1 atom stereocenters. The standard InChI is InChI=1S/C36H65NO13/c1-3-5-8-33(4-2)36(38)50-32-30-48-28-26-46-24-22-44-20-18-42-16-14-40-12-11-39-13-15-41-17-19-43-21-23-45-25-27-47-29-31-49-35-10-7-6-9-34(35)37/h6-7,9-10,33H,3-5,8,11-32,37H2,1-2H3. The SMILES string of the molecule is CCCCC(CC)C(=O)OCCOCCOCCOCCOCCOCCOCCOCCOCCOCCOCCOc1ccccc1N. The number of carbonyl (C=O) groups is 1. The summed E-state index contributed by atoms with van der Waals surface area (Å²) in [6.07, 6.45) is 3.83. The second kappa shape index (κ2) is 36.7. The molecular weight excluding hydrogens is 654 g/mol. The minimum Gasteiger partial charge on any atom is -0.489 e. The number of hydrogen-bond donors (Lipinski definition) is 1. The van der Waals surface area contributed by atoms with Crippen LogP contribution in [-0.4, -0.2) is 151 Å². The van der Waals surface area contributed by atoms with Crippen LogP contribution in [0.15, 0.2) is 24.3 Å². The third-order valence-corrected chi connectivity index (χ3v) is 6.96. The van der Waals surface area contributed by atoms with E-state index >= 15 is 0 Å². The van der Waals surface area contributed by atoms with Gasteiger partial charge in [-0.1, -0.05) is 38.8 Å². The topological polar surface area (TPSA) is 154 Å². The summed E-state index contributed by atoms with van der Waals surface area (Å²) >= 11 is 0. The van der Waals surface area contributed by atoms with Crippen LogP contribution in [0.2, 0.25) is 0 Å². The van der Waals surface area contributed by atoms with Gasteiger partial charge in [-0.15, -0.1) is 0 Å². The summed E-state index contributed by atoms with van der Waals surface area (Å²) in [6.45, 7) is 14.5. The Morgan fingerprint density at radius 3 is 1.20 bits per heavy atom. The van der Waals surface area contributed by atoms with Gasteiger partial charge in [0.15, 0.2) is 0 Å². The highest BCUT2D eigenvalue weighted by Gasteiger charge is 2.17. The maximum absolute atomic E-state index is 12.0. The summed E-state index contributed by atoms with van der Waals surface area (Å²) in [7, 11) is 0. The Balaban J connectivity index is 1.66. The molecule has 0 fully saturated rings. The zero-order valence-corrected chi connectivity index (χ0v) is 30.7. The van der Waals surface area contributed by atoms with Crippen molar-refractivity contribution in [1.29, 1.82) is 0 Å². The summed E-state index contributed by atoms with van der Waals surface area (Å²) in [5, 5.41) is 0. The van der Waals surface area contributed by atoms with Gasteiger partial charge in [0, 0.05) is 0 Å². The van der Waals surface area contributed by atoms with Crippen molar-refractivity contribution in [2.24, 2.45) is 5.92 Å². The fraction of sp³-hybridized carbons (Fsp3) is 0.806. The van der Waals surface area contributed by atoms with Crippen molar-refractivity contribution in [3.8, 4) is 5.75 Å². The predicted molar refractivity (Wildman–Crippen MR) is 189 cm³/mol. The van der Waals surface area contributed by atoms with Gasteiger partial charge in [0.1, 0.15) is 19.0 Å². The average Bonchev–Trinajstić information content (AvgIpc) is 3.12. The Labute approximate surface area is 299 Å². The molecule has 0 saturated carbocycles. The fourth-order valence-corrected chi connectivity index (χ4v) is 4.16. The van der Waals surface area contributed by atoms with E-state index in [1.165, 1.54) is 0 Å². The molecule has 0 bridgehead atoms. The Hall–Kier alpha value is -2.11. The minimum atomic E-state index is -0.122. The van der Waals surface area contributed by atoms with Crippen molar-refractivity contribution >= 4 is 11.7 Å². The summed E-state index contributed by atoms with van der Waals surface area (Å²) in [4.78, 5) is 12.0. The van der Waals surface area contributed by atoms with Crippen LogP contribution in [0.3, 0.4) is 0 Å². The van der Waals surface area contributed by atoms with Crippen LogP contribution in [0, 0.1) is 5.92 Å². The van der Waals surface area contributed by atoms with Crippen LogP contribution in [0.5, 0.6) is 5.75 Å². The number of carbonyl (C=O) groups excluding carboxylic acids is 1. The van der Waals surface area contributed by atoms with E-state index in [0.717, 1.165) is 25.7 Å². The molecule has 14 heteroatoms. The lowest BCUT2D eigenvalue weighted by Gasteiger charge is -2.13. The highest BCUT2D eigenvalue weighted by Crippen LogP contribution is 2.19. The number of unbranched alkanes of at least 4 members (excludes halogenated alkanes) is 1. The molecule has 0 amide bonds. The van der Waals surface area contributed by atoms with Crippen molar-refractivity contribution in [3.05, 3.63) is 24.3 Å². The first-order chi connectivity index (χ1) is 24.7. The lowest BCUT2D eigenvalue weighted by atomic mass is 10.00. The van der Waals surface area contributed by atoms with E-state index in [0.29, 0.717) is 150 Å².